The van der Waals surface area contributed by atoms with Crippen LogP contribution in [0.15, 0.2) is 55.5 Å². The first-order chi connectivity index (χ1) is 17.0. The van der Waals surface area contributed by atoms with Crippen LogP contribution >= 0.6 is 0 Å². The van der Waals surface area contributed by atoms with E-state index in [0.29, 0.717) is 18.7 Å². The molecule has 9 heteroatoms. The van der Waals surface area contributed by atoms with Crippen LogP contribution in [-0.2, 0) is 4.79 Å². The van der Waals surface area contributed by atoms with Crippen LogP contribution in [0.2, 0.25) is 0 Å². The molecule has 4 aromatic heterocycles. The van der Waals surface area contributed by atoms with Crippen molar-refractivity contribution in [1.29, 1.82) is 5.26 Å². The minimum Gasteiger partial charge on any atom is -0.353 e. The quantitative estimate of drug-likeness (QED) is 0.452. The topological polar surface area (TPSA) is 106 Å². The number of hydrogen-bond donors (Lipinski definition) is 1. The van der Waals surface area contributed by atoms with Crippen molar-refractivity contribution in [3.8, 4) is 28.5 Å². The Balaban J connectivity index is 1.43. The second-order valence-corrected chi connectivity index (χ2v) is 8.78. The van der Waals surface area contributed by atoms with E-state index < -0.39 is 0 Å². The first kappa shape index (κ1) is 22.3. The van der Waals surface area contributed by atoms with Gasteiger partial charge in [0.15, 0.2) is 0 Å². The highest BCUT2D eigenvalue weighted by atomic mass is 16.2. The molecule has 5 rings (SSSR count). The van der Waals surface area contributed by atoms with Gasteiger partial charge < -0.3 is 9.80 Å². The number of hydrogen-bond acceptors (Lipinski definition) is 6. The third-order valence-corrected chi connectivity index (χ3v) is 6.45. The fraction of sp³-hybridized carbons (Fsp3) is 0.269. The van der Waals surface area contributed by atoms with E-state index in [4.69, 9.17) is 4.98 Å². The Hall–Kier alpha value is -4.45. The molecule has 0 bridgehead atoms. The molecule has 0 saturated carbocycles. The number of piperazine rings is 1. The Labute approximate surface area is 203 Å². The highest BCUT2D eigenvalue weighted by Gasteiger charge is 2.24. The van der Waals surface area contributed by atoms with Crippen LogP contribution in [0.3, 0.4) is 0 Å². The van der Waals surface area contributed by atoms with Crippen LogP contribution in [0.25, 0.3) is 27.9 Å². The molecule has 1 N–H and O–H groups in total. The molecule has 1 aliphatic rings. The summed E-state index contributed by atoms with van der Waals surface area (Å²) in [6, 6.07) is 10.2. The number of rotatable bonds is 5. The maximum absolute atomic E-state index is 12.4. The minimum atomic E-state index is -0.168. The zero-order valence-electron chi connectivity index (χ0n) is 19.8. The summed E-state index contributed by atoms with van der Waals surface area (Å²) in [5.41, 5.74) is 5.66. The minimum absolute atomic E-state index is 0.119. The molecule has 176 valence electrons. The number of H-pyrrole nitrogens is 1. The number of pyridine rings is 2. The highest BCUT2D eigenvalue weighted by Crippen LogP contribution is 2.32. The molecular weight excluding hydrogens is 440 g/mol. The van der Waals surface area contributed by atoms with Crippen LogP contribution in [-0.4, -0.2) is 61.8 Å². The van der Waals surface area contributed by atoms with Crippen molar-refractivity contribution in [2.75, 3.05) is 31.1 Å². The third kappa shape index (κ3) is 4.15. The maximum atomic E-state index is 12.4. The monoisotopic (exact) mass is 466 g/mol. The number of amides is 1. The number of aromatic nitrogens is 5. The van der Waals surface area contributed by atoms with E-state index in [2.05, 4.69) is 32.8 Å². The zero-order chi connectivity index (χ0) is 24.5. The molecule has 35 heavy (non-hydrogen) atoms. The molecule has 0 radical (unpaired) electrons. The molecule has 1 aliphatic heterocycles. The molecule has 0 spiro atoms. The number of aromatic amines is 1. The number of carbonyl (C=O) groups excluding carboxylic acids is 1. The van der Waals surface area contributed by atoms with Crippen molar-refractivity contribution < 1.29 is 4.79 Å². The van der Waals surface area contributed by atoms with E-state index in [0.717, 1.165) is 52.5 Å². The molecule has 0 aliphatic carbocycles. The van der Waals surface area contributed by atoms with Gasteiger partial charge in [-0.2, -0.15) is 15.5 Å². The molecule has 9 nitrogen and oxygen atoms in total. The van der Waals surface area contributed by atoms with Crippen LogP contribution in [0.1, 0.15) is 18.2 Å². The lowest BCUT2D eigenvalue weighted by Crippen LogP contribution is -2.50. The van der Waals surface area contributed by atoms with Gasteiger partial charge in [0.1, 0.15) is 11.9 Å². The molecule has 5 heterocycles. The fourth-order valence-corrected chi connectivity index (χ4v) is 4.41. The Morgan fingerprint density at radius 2 is 2.00 bits per heavy atom. The van der Waals surface area contributed by atoms with Gasteiger partial charge in [-0.1, -0.05) is 13.0 Å². The number of fused-ring (bicyclic) bond motifs is 1. The molecule has 1 fully saturated rings. The van der Waals surface area contributed by atoms with E-state index in [1.165, 1.54) is 0 Å². The Morgan fingerprint density at radius 3 is 2.63 bits per heavy atom. The second kappa shape index (κ2) is 9.06. The standard InChI is InChI=1S/C26H26N8O/c1-4-17(2)26(35)33-9-7-32(8-10-33)24-6-5-19(14-28-24)22-12-20(23-11-18(3)30-31-23)16-34-25(22)21(13-27)15-29-34/h4-6,11-12,14-17H,1,7-10H2,2-3H3,(H,30,31). The molecule has 1 atom stereocenters. The molecule has 1 amide bonds. The van der Waals surface area contributed by atoms with Gasteiger partial charge >= 0.3 is 0 Å². The van der Waals surface area contributed by atoms with Crippen molar-refractivity contribution in [1.82, 2.24) is 29.7 Å². The zero-order valence-corrected chi connectivity index (χ0v) is 19.8. The number of nitrogens with zero attached hydrogens (tertiary/aromatic N) is 7. The summed E-state index contributed by atoms with van der Waals surface area (Å²) in [6.07, 6.45) is 6.97. The fourth-order valence-electron chi connectivity index (χ4n) is 4.41. The summed E-state index contributed by atoms with van der Waals surface area (Å²) >= 11 is 0. The first-order valence-electron chi connectivity index (χ1n) is 11.5. The van der Waals surface area contributed by atoms with Gasteiger partial charge in [-0.15, -0.1) is 6.58 Å². The summed E-state index contributed by atoms with van der Waals surface area (Å²) in [6.45, 7) is 10.3. The second-order valence-electron chi connectivity index (χ2n) is 8.78. The summed E-state index contributed by atoms with van der Waals surface area (Å²) in [7, 11) is 0. The van der Waals surface area contributed by atoms with Crippen molar-refractivity contribution in [3.63, 3.8) is 0 Å². The van der Waals surface area contributed by atoms with Gasteiger partial charge in [-0.05, 0) is 31.2 Å². The number of anilines is 1. The van der Waals surface area contributed by atoms with Crippen molar-refractivity contribution in [2.45, 2.75) is 13.8 Å². The smallest absolute Gasteiger partial charge is 0.229 e. The van der Waals surface area contributed by atoms with Crippen LogP contribution < -0.4 is 4.90 Å². The molecule has 1 unspecified atom stereocenters. The average molecular weight is 467 g/mol. The van der Waals surface area contributed by atoms with Crippen LogP contribution in [0.5, 0.6) is 0 Å². The maximum Gasteiger partial charge on any atom is 0.229 e. The molecular formula is C26H26N8O. The average Bonchev–Trinajstić information content (AvgIpc) is 3.53. The first-order valence-corrected chi connectivity index (χ1v) is 11.5. The van der Waals surface area contributed by atoms with Crippen LogP contribution in [0, 0.1) is 24.2 Å². The SMILES string of the molecule is C=CC(C)C(=O)N1CCN(c2ccc(-c3cc(-c4cc(C)[nH]n4)cn4ncc(C#N)c34)cn2)CC1. The van der Waals surface area contributed by atoms with E-state index in [-0.39, 0.29) is 11.8 Å². The molecule has 4 aromatic rings. The van der Waals surface area contributed by atoms with Gasteiger partial charge in [0.05, 0.1) is 28.9 Å². The number of aryl methyl sites for hydroxylation is 1. The van der Waals surface area contributed by atoms with E-state index in [1.54, 1.807) is 16.8 Å². The summed E-state index contributed by atoms with van der Waals surface area (Å²) in [5, 5.41) is 21.4. The number of nitrogens with one attached hydrogen (secondary N) is 1. The van der Waals surface area contributed by atoms with Gasteiger partial charge in [-0.25, -0.2) is 9.50 Å². The Bertz CT molecular complexity index is 1430. The molecule has 1 saturated heterocycles. The summed E-state index contributed by atoms with van der Waals surface area (Å²) < 4.78 is 1.72. The van der Waals surface area contributed by atoms with Gasteiger partial charge in [0.25, 0.3) is 0 Å². The number of nitriles is 1. The highest BCUT2D eigenvalue weighted by molar-refractivity contribution is 5.87. The van der Waals surface area contributed by atoms with Crippen molar-refractivity contribution in [3.05, 3.63) is 66.8 Å². The third-order valence-electron chi connectivity index (χ3n) is 6.45. The lowest BCUT2D eigenvalue weighted by Gasteiger charge is -2.36. The lowest BCUT2D eigenvalue weighted by atomic mass is 10.0. The lowest BCUT2D eigenvalue weighted by molar-refractivity contribution is -0.133. The van der Waals surface area contributed by atoms with E-state index in [9.17, 15) is 10.1 Å². The van der Waals surface area contributed by atoms with Gasteiger partial charge in [-0.3, -0.25) is 9.89 Å². The molecule has 0 aromatic carbocycles. The van der Waals surface area contributed by atoms with E-state index in [1.807, 2.05) is 55.4 Å². The largest absolute Gasteiger partial charge is 0.353 e. The van der Waals surface area contributed by atoms with E-state index >= 15 is 0 Å². The predicted molar refractivity (Wildman–Crippen MR) is 134 cm³/mol. The Morgan fingerprint density at radius 1 is 1.20 bits per heavy atom. The number of carbonyl (C=O) groups is 1. The summed E-state index contributed by atoms with van der Waals surface area (Å²) in [5.74, 6) is 0.814. The predicted octanol–water partition coefficient (Wildman–Crippen LogP) is 3.44. The van der Waals surface area contributed by atoms with Gasteiger partial charge in [0.2, 0.25) is 5.91 Å². The van der Waals surface area contributed by atoms with Crippen molar-refractivity contribution in [2.24, 2.45) is 5.92 Å². The summed E-state index contributed by atoms with van der Waals surface area (Å²) in [4.78, 5) is 21.2. The van der Waals surface area contributed by atoms with Crippen molar-refractivity contribution >= 4 is 17.2 Å². The van der Waals surface area contributed by atoms with Crippen LogP contribution in [0.4, 0.5) is 5.82 Å². The normalized spacial score (nSPS) is 14.7. The Kier molecular flexibility index (Phi) is 5.79. The van der Waals surface area contributed by atoms with Gasteiger partial charge in [0, 0.05) is 61.0 Å².